The maximum atomic E-state index is 12.3. The Balaban J connectivity index is 2.08. The van der Waals surface area contributed by atoms with Gasteiger partial charge < -0.3 is 15.7 Å². The van der Waals surface area contributed by atoms with Crippen LogP contribution in [-0.4, -0.2) is 35.6 Å². The molecule has 0 spiro atoms. The van der Waals surface area contributed by atoms with E-state index >= 15 is 0 Å². The highest BCUT2D eigenvalue weighted by molar-refractivity contribution is 9.10. The minimum atomic E-state index is -0.0172. The molecule has 1 saturated heterocycles. The second-order valence-electron chi connectivity index (χ2n) is 4.65. The number of anilines is 1. The number of nitrogens with two attached hydrogens (primary N) is 1. The number of carbonyl (C=O) groups is 1. The Morgan fingerprint density at radius 1 is 1.44 bits per heavy atom. The summed E-state index contributed by atoms with van der Waals surface area (Å²) in [5.41, 5.74) is 6.92. The molecule has 1 aliphatic rings. The number of hydrogen-bond acceptors (Lipinski definition) is 3. The first-order valence-corrected chi connectivity index (χ1v) is 6.86. The van der Waals surface area contributed by atoms with Gasteiger partial charge in [0.05, 0.1) is 5.56 Å². The second-order valence-corrected chi connectivity index (χ2v) is 5.57. The van der Waals surface area contributed by atoms with Crippen LogP contribution < -0.4 is 5.73 Å². The largest absolute Gasteiger partial charge is 0.398 e. The lowest BCUT2D eigenvalue weighted by molar-refractivity contribution is 0.0652. The smallest absolute Gasteiger partial charge is 0.255 e. The van der Waals surface area contributed by atoms with Gasteiger partial charge in [0.1, 0.15) is 0 Å². The van der Waals surface area contributed by atoms with Crippen LogP contribution in [0.1, 0.15) is 23.2 Å². The molecule has 0 aromatic heterocycles. The first-order valence-electron chi connectivity index (χ1n) is 6.07. The van der Waals surface area contributed by atoms with Gasteiger partial charge in [0, 0.05) is 29.9 Å². The maximum Gasteiger partial charge on any atom is 0.255 e. The van der Waals surface area contributed by atoms with E-state index in [0.717, 1.165) is 17.3 Å². The van der Waals surface area contributed by atoms with Crippen LogP contribution in [-0.2, 0) is 0 Å². The SMILES string of the molecule is Nc1cc(Br)ccc1C(=O)N1CCC(CO)CC1. The van der Waals surface area contributed by atoms with Gasteiger partial charge in [-0.2, -0.15) is 0 Å². The van der Waals surface area contributed by atoms with Gasteiger partial charge in [0.2, 0.25) is 0 Å². The van der Waals surface area contributed by atoms with Gasteiger partial charge in [-0.15, -0.1) is 0 Å². The number of nitrogens with zero attached hydrogens (tertiary/aromatic N) is 1. The van der Waals surface area contributed by atoms with Gasteiger partial charge in [-0.3, -0.25) is 4.79 Å². The van der Waals surface area contributed by atoms with E-state index < -0.39 is 0 Å². The molecule has 18 heavy (non-hydrogen) atoms. The maximum absolute atomic E-state index is 12.3. The number of nitrogen functional groups attached to an aromatic ring is 1. The van der Waals surface area contributed by atoms with Crippen molar-refractivity contribution in [1.82, 2.24) is 4.90 Å². The summed E-state index contributed by atoms with van der Waals surface area (Å²) in [5.74, 6) is 0.313. The highest BCUT2D eigenvalue weighted by Crippen LogP contribution is 2.23. The van der Waals surface area contributed by atoms with Gasteiger partial charge >= 0.3 is 0 Å². The molecule has 0 atom stereocenters. The summed E-state index contributed by atoms with van der Waals surface area (Å²) in [6, 6.07) is 5.32. The number of halogens is 1. The Kier molecular flexibility index (Phi) is 4.24. The van der Waals surface area contributed by atoms with Crippen molar-refractivity contribution in [3.63, 3.8) is 0 Å². The summed E-state index contributed by atoms with van der Waals surface area (Å²) < 4.78 is 0.871. The molecule has 3 N–H and O–H groups in total. The van der Waals surface area contributed by atoms with E-state index in [9.17, 15) is 4.79 Å². The van der Waals surface area contributed by atoms with E-state index in [0.29, 0.717) is 30.3 Å². The molecule has 98 valence electrons. The van der Waals surface area contributed by atoms with Crippen LogP contribution in [0.15, 0.2) is 22.7 Å². The van der Waals surface area contributed by atoms with E-state index in [4.69, 9.17) is 10.8 Å². The number of rotatable bonds is 2. The molecule has 0 radical (unpaired) electrons. The highest BCUT2D eigenvalue weighted by atomic mass is 79.9. The zero-order chi connectivity index (χ0) is 13.1. The minimum Gasteiger partial charge on any atom is -0.398 e. The van der Waals surface area contributed by atoms with E-state index in [1.165, 1.54) is 0 Å². The first-order chi connectivity index (χ1) is 8.61. The first kappa shape index (κ1) is 13.4. The summed E-state index contributed by atoms with van der Waals surface area (Å²) in [7, 11) is 0. The van der Waals surface area contributed by atoms with Crippen molar-refractivity contribution in [2.75, 3.05) is 25.4 Å². The van der Waals surface area contributed by atoms with Crippen molar-refractivity contribution < 1.29 is 9.90 Å². The van der Waals surface area contributed by atoms with E-state index in [-0.39, 0.29) is 12.5 Å². The lowest BCUT2D eigenvalue weighted by Gasteiger charge is -2.31. The zero-order valence-electron chi connectivity index (χ0n) is 10.1. The monoisotopic (exact) mass is 312 g/mol. The molecular weight excluding hydrogens is 296 g/mol. The number of likely N-dealkylation sites (tertiary alicyclic amines) is 1. The van der Waals surface area contributed by atoms with Crippen LogP contribution >= 0.6 is 15.9 Å². The third-order valence-electron chi connectivity index (χ3n) is 3.40. The highest BCUT2D eigenvalue weighted by Gasteiger charge is 2.24. The summed E-state index contributed by atoms with van der Waals surface area (Å²) in [6.07, 6.45) is 1.72. The van der Waals surface area contributed by atoms with E-state index in [1.54, 1.807) is 12.1 Å². The number of hydrogen-bond donors (Lipinski definition) is 2. The third kappa shape index (κ3) is 2.84. The Hall–Kier alpha value is -1.07. The molecule has 1 amide bonds. The molecule has 1 heterocycles. The molecular formula is C13H17BrN2O2. The average Bonchev–Trinajstić information content (AvgIpc) is 2.38. The number of benzene rings is 1. The van der Waals surface area contributed by atoms with Gasteiger partial charge in [0.15, 0.2) is 0 Å². The fraction of sp³-hybridized carbons (Fsp3) is 0.462. The molecule has 0 saturated carbocycles. The van der Waals surface area contributed by atoms with Crippen LogP contribution in [0, 0.1) is 5.92 Å². The number of carbonyl (C=O) groups excluding carboxylic acids is 1. The second kappa shape index (κ2) is 5.71. The molecule has 1 aromatic carbocycles. The fourth-order valence-corrected chi connectivity index (χ4v) is 2.60. The number of amides is 1. The molecule has 0 bridgehead atoms. The minimum absolute atomic E-state index is 0.0172. The normalized spacial score (nSPS) is 16.9. The van der Waals surface area contributed by atoms with Crippen LogP contribution in [0.4, 0.5) is 5.69 Å². The van der Waals surface area contributed by atoms with Gasteiger partial charge in [-0.25, -0.2) is 0 Å². The molecule has 0 aliphatic carbocycles. The summed E-state index contributed by atoms with van der Waals surface area (Å²) in [4.78, 5) is 14.1. The van der Waals surface area contributed by atoms with Crippen molar-refractivity contribution >= 4 is 27.5 Å². The predicted molar refractivity (Wildman–Crippen MR) is 74.3 cm³/mol. The molecule has 4 nitrogen and oxygen atoms in total. The summed E-state index contributed by atoms with van der Waals surface area (Å²) in [5, 5.41) is 9.08. The van der Waals surface area contributed by atoms with E-state index in [2.05, 4.69) is 15.9 Å². The number of piperidine rings is 1. The fourth-order valence-electron chi connectivity index (χ4n) is 2.22. The average molecular weight is 313 g/mol. The quantitative estimate of drug-likeness (QED) is 0.819. The zero-order valence-corrected chi connectivity index (χ0v) is 11.7. The number of aliphatic hydroxyl groups is 1. The van der Waals surface area contributed by atoms with Crippen LogP contribution in [0.5, 0.6) is 0 Å². The Labute approximate surface area is 115 Å². The molecule has 2 rings (SSSR count). The molecule has 1 fully saturated rings. The lowest BCUT2D eigenvalue weighted by atomic mass is 9.97. The van der Waals surface area contributed by atoms with Crippen LogP contribution in [0.25, 0.3) is 0 Å². The Morgan fingerprint density at radius 2 is 2.11 bits per heavy atom. The van der Waals surface area contributed by atoms with Crippen molar-refractivity contribution in [1.29, 1.82) is 0 Å². The molecule has 0 unspecified atom stereocenters. The molecule has 1 aromatic rings. The number of aliphatic hydroxyl groups excluding tert-OH is 1. The van der Waals surface area contributed by atoms with Crippen molar-refractivity contribution in [3.05, 3.63) is 28.2 Å². The topological polar surface area (TPSA) is 66.6 Å². The molecule has 5 heteroatoms. The molecule has 1 aliphatic heterocycles. The van der Waals surface area contributed by atoms with Crippen LogP contribution in [0.2, 0.25) is 0 Å². The van der Waals surface area contributed by atoms with Crippen molar-refractivity contribution in [3.8, 4) is 0 Å². The lowest BCUT2D eigenvalue weighted by Crippen LogP contribution is -2.39. The summed E-state index contributed by atoms with van der Waals surface area (Å²) >= 11 is 3.33. The van der Waals surface area contributed by atoms with Gasteiger partial charge in [0.25, 0.3) is 5.91 Å². The Bertz CT molecular complexity index is 443. The van der Waals surface area contributed by atoms with Gasteiger partial charge in [-0.1, -0.05) is 15.9 Å². The standard InChI is InChI=1S/C13H17BrN2O2/c14-10-1-2-11(12(15)7-10)13(18)16-5-3-9(8-17)4-6-16/h1-2,7,9,17H,3-6,8,15H2. The third-order valence-corrected chi connectivity index (χ3v) is 3.90. The van der Waals surface area contributed by atoms with E-state index in [1.807, 2.05) is 11.0 Å². The van der Waals surface area contributed by atoms with Crippen molar-refractivity contribution in [2.45, 2.75) is 12.8 Å². The Morgan fingerprint density at radius 3 is 2.67 bits per heavy atom. The van der Waals surface area contributed by atoms with Crippen LogP contribution in [0.3, 0.4) is 0 Å². The van der Waals surface area contributed by atoms with Crippen molar-refractivity contribution in [2.24, 2.45) is 5.92 Å². The summed E-state index contributed by atoms with van der Waals surface area (Å²) in [6.45, 7) is 1.60. The predicted octanol–water partition coefficient (Wildman–Crippen LogP) is 1.88. The van der Waals surface area contributed by atoms with Gasteiger partial charge in [-0.05, 0) is 37.0 Å².